The SMILES string of the molecule is CCCN(C(=O)OC(C)(C)C)/C(=C/N)C(C)C. The number of nitrogens with zero attached hydrogens (tertiary/aromatic N) is 1. The van der Waals surface area contributed by atoms with E-state index in [2.05, 4.69) is 0 Å². The first-order valence-corrected chi connectivity index (χ1v) is 6.15. The molecule has 0 atom stereocenters. The molecule has 0 aliphatic carbocycles. The standard InChI is InChI=1S/C13H26N2O2/c1-7-8-15(11(9-14)10(2)3)12(16)17-13(4,5)6/h9-10H,7-8,14H2,1-6H3/b11-9+. The zero-order chi connectivity index (χ0) is 13.6. The van der Waals surface area contributed by atoms with Gasteiger partial charge in [-0.15, -0.1) is 0 Å². The van der Waals surface area contributed by atoms with Crippen molar-refractivity contribution in [2.75, 3.05) is 6.54 Å². The Morgan fingerprint density at radius 1 is 1.41 bits per heavy atom. The highest BCUT2D eigenvalue weighted by atomic mass is 16.6. The highest BCUT2D eigenvalue weighted by Crippen LogP contribution is 2.18. The number of carbonyl (C=O) groups excluding carboxylic acids is 1. The number of hydrogen-bond donors (Lipinski definition) is 1. The van der Waals surface area contributed by atoms with Gasteiger partial charge in [0.25, 0.3) is 0 Å². The van der Waals surface area contributed by atoms with Crippen LogP contribution in [0.5, 0.6) is 0 Å². The molecule has 0 aromatic carbocycles. The fourth-order valence-electron chi connectivity index (χ4n) is 1.46. The Bertz CT molecular complexity index is 278. The molecule has 4 heteroatoms. The van der Waals surface area contributed by atoms with Gasteiger partial charge in [0, 0.05) is 18.4 Å². The van der Waals surface area contributed by atoms with Crippen LogP contribution in [0.2, 0.25) is 0 Å². The van der Waals surface area contributed by atoms with Gasteiger partial charge < -0.3 is 10.5 Å². The van der Waals surface area contributed by atoms with Gasteiger partial charge in [0.1, 0.15) is 5.60 Å². The Labute approximate surface area is 105 Å². The molecule has 0 saturated heterocycles. The molecule has 0 rings (SSSR count). The van der Waals surface area contributed by atoms with E-state index < -0.39 is 5.60 Å². The molecular formula is C13H26N2O2. The van der Waals surface area contributed by atoms with Crippen molar-refractivity contribution in [1.82, 2.24) is 4.90 Å². The van der Waals surface area contributed by atoms with Crippen molar-refractivity contribution in [2.45, 2.75) is 53.6 Å². The van der Waals surface area contributed by atoms with Gasteiger partial charge in [-0.2, -0.15) is 0 Å². The Morgan fingerprint density at radius 2 is 1.94 bits per heavy atom. The second-order valence-electron chi connectivity index (χ2n) is 5.38. The smallest absolute Gasteiger partial charge is 0.414 e. The maximum absolute atomic E-state index is 12.1. The Morgan fingerprint density at radius 3 is 2.24 bits per heavy atom. The van der Waals surface area contributed by atoms with Gasteiger partial charge in [-0.25, -0.2) is 4.79 Å². The van der Waals surface area contributed by atoms with E-state index in [4.69, 9.17) is 10.5 Å². The zero-order valence-electron chi connectivity index (χ0n) is 11.9. The van der Waals surface area contributed by atoms with Crippen molar-refractivity contribution in [3.05, 3.63) is 11.9 Å². The third kappa shape index (κ3) is 5.61. The van der Waals surface area contributed by atoms with Crippen molar-refractivity contribution < 1.29 is 9.53 Å². The summed E-state index contributed by atoms with van der Waals surface area (Å²) in [5.74, 6) is 0.194. The first kappa shape index (κ1) is 15.8. The van der Waals surface area contributed by atoms with Crippen LogP contribution in [0.1, 0.15) is 48.0 Å². The van der Waals surface area contributed by atoms with E-state index in [0.717, 1.165) is 12.1 Å². The van der Waals surface area contributed by atoms with Crippen molar-refractivity contribution in [3.8, 4) is 0 Å². The summed E-state index contributed by atoms with van der Waals surface area (Å²) in [6.45, 7) is 12.2. The summed E-state index contributed by atoms with van der Waals surface area (Å²) in [5, 5.41) is 0. The van der Waals surface area contributed by atoms with Gasteiger partial charge in [0.2, 0.25) is 0 Å². The number of ether oxygens (including phenoxy) is 1. The molecule has 0 saturated carbocycles. The molecule has 0 aliphatic heterocycles. The lowest BCUT2D eigenvalue weighted by molar-refractivity contribution is 0.0297. The Hall–Kier alpha value is -1.19. The van der Waals surface area contributed by atoms with E-state index in [1.807, 2.05) is 41.5 Å². The van der Waals surface area contributed by atoms with Crippen LogP contribution in [0.4, 0.5) is 4.79 Å². The normalized spacial score (nSPS) is 12.8. The second kappa shape index (κ2) is 6.52. The molecule has 0 aliphatic rings. The molecule has 1 amide bonds. The number of allylic oxidation sites excluding steroid dienone is 1. The predicted octanol–water partition coefficient (Wildman–Crippen LogP) is 3.09. The largest absolute Gasteiger partial charge is 0.443 e. The molecule has 0 aromatic heterocycles. The summed E-state index contributed by atoms with van der Waals surface area (Å²) in [5.41, 5.74) is 5.92. The minimum Gasteiger partial charge on any atom is -0.443 e. The van der Waals surface area contributed by atoms with Crippen LogP contribution >= 0.6 is 0 Å². The van der Waals surface area contributed by atoms with Crippen molar-refractivity contribution in [3.63, 3.8) is 0 Å². The van der Waals surface area contributed by atoms with Crippen LogP contribution < -0.4 is 5.73 Å². The lowest BCUT2D eigenvalue weighted by atomic mass is 10.1. The minimum atomic E-state index is -0.486. The molecule has 0 aromatic rings. The molecule has 2 N–H and O–H groups in total. The molecule has 17 heavy (non-hydrogen) atoms. The molecular weight excluding hydrogens is 216 g/mol. The average Bonchev–Trinajstić information content (AvgIpc) is 2.14. The molecule has 0 fully saturated rings. The topological polar surface area (TPSA) is 55.6 Å². The quantitative estimate of drug-likeness (QED) is 0.824. The second-order valence-corrected chi connectivity index (χ2v) is 5.38. The van der Waals surface area contributed by atoms with E-state index in [1.165, 1.54) is 6.20 Å². The zero-order valence-corrected chi connectivity index (χ0v) is 11.9. The Balaban J connectivity index is 4.91. The van der Waals surface area contributed by atoms with Gasteiger partial charge in [0.15, 0.2) is 0 Å². The summed E-state index contributed by atoms with van der Waals surface area (Å²) in [6.07, 6.45) is 2.03. The van der Waals surface area contributed by atoms with Crippen molar-refractivity contribution >= 4 is 6.09 Å². The van der Waals surface area contributed by atoms with Crippen molar-refractivity contribution in [2.24, 2.45) is 11.7 Å². The first-order valence-electron chi connectivity index (χ1n) is 6.15. The van der Waals surface area contributed by atoms with E-state index in [9.17, 15) is 4.79 Å². The average molecular weight is 242 g/mol. The van der Waals surface area contributed by atoms with Crippen LogP contribution in [-0.4, -0.2) is 23.1 Å². The van der Waals surface area contributed by atoms with E-state index in [0.29, 0.717) is 6.54 Å². The lowest BCUT2D eigenvalue weighted by Gasteiger charge is -2.30. The highest BCUT2D eigenvalue weighted by molar-refractivity contribution is 5.70. The molecule has 0 radical (unpaired) electrons. The van der Waals surface area contributed by atoms with Crippen LogP contribution in [0.3, 0.4) is 0 Å². The van der Waals surface area contributed by atoms with E-state index in [1.54, 1.807) is 4.90 Å². The molecule has 0 heterocycles. The maximum Gasteiger partial charge on any atom is 0.414 e. The minimum absolute atomic E-state index is 0.194. The lowest BCUT2D eigenvalue weighted by Crippen LogP contribution is -2.38. The van der Waals surface area contributed by atoms with Crippen LogP contribution in [0.15, 0.2) is 11.9 Å². The molecule has 0 spiro atoms. The number of nitrogens with two attached hydrogens (primary N) is 1. The van der Waals surface area contributed by atoms with Gasteiger partial charge in [-0.1, -0.05) is 20.8 Å². The summed E-state index contributed by atoms with van der Waals surface area (Å²) in [4.78, 5) is 13.7. The maximum atomic E-state index is 12.1. The number of hydrogen-bond acceptors (Lipinski definition) is 3. The van der Waals surface area contributed by atoms with Crippen LogP contribution in [0, 0.1) is 5.92 Å². The van der Waals surface area contributed by atoms with Gasteiger partial charge in [-0.3, -0.25) is 4.90 Å². The fourth-order valence-corrected chi connectivity index (χ4v) is 1.46. The summed E-state index contributed by atoms with van der Waals surface area (Å²) in [6, 6.07) is 0. The fraction of sp³-hybridized carbons (Fsp3) is 0.769. The summed E-state index contributed by atoms with van der Waals surface area (Å²) in [7, 11) is 0. The van der Waals surface area contributed by atoms with Crippen LogP contribution in [-0.2, 0) is 4.74 Å². The molecule has 4 nitrogen and oxygen atoms in total. The van der Waals surface area contributed by atoms with Crippen LogP contribution in [0.25, 0.3) is 0 Å². The predicted molar refractivity (Wildman–Crippen MR) is 70.3 cm³/mol. The number of rotatable bonds is 4. The van der Waals surface area contributed by atoms with E-state index in [-0.39, 0.29) is 12.0 Å². The molecule has 100 valence electrons. The number of carbonyl (C=O) groups is 1. The molecule has 0 unspecified atom stereocenters. The summed E-state index contributed by atoms with van der Waals surface area (Å²) < 4.78 is 5.38. The van der Waals surface area contributed by atoms with Gasteiger partial charge in [0.05, 0.1) is 0 Å². The third-order valence-electron chi connectivity index (χ3n) is 2.14. The Kier molecular flexibility index (Phi) is 6.07. The molecule has 0 bridgehead atoms. The first-order chi connectivity index (χ1) is 7.72. The van der Waals surface area contributed by atoms with Crippen molar-refractivity contribution in [1.29, 1.82) is 0 Å². The third-order valence-corrected chi connectivity index (χ3v) is 2.14. The van der Waals surface area contributed by atoms with E-state index >= 15 is 0 Å². The van der Waals surface area contributed by atoms with Gasteiger partial charge >= 0.3 is 6.09 Å². The monoisotopic (exact) mass is 242 g/mol. The summed E-state index contributed by atoms with van der Waals surface area (Å²) >= 11 is 0. The highest BCUT2D eigenvalue weighted by Gasteiger charge is 2.25. The number of amides is 1. The van der Waals surface area contributed by atoms with Gasteiger partial charge in [-0.05, 0) is 33.1 Å².